The Labute approximate surface area is 109 Å². The van der Waals surface area contributed by atoms with Crippen molar-refractivity contribution >= 4 is 5.84 Å². The van der Waals surface area contributed by atoms with Crippen molar-refractivity contribution < 1.29 is 0 Å². The van der Waals surface area contributed by atoms with Crippen molar-refractivity contribution in [3.05, 3.63) is 35.4 Å². The van der Waals surface area contributed by atoms with E-state index in [9.17, 15) is 0 Å². The summed E-state index contributed by atoms with van der Waals surface area (Å²) in [4.78, 5) is 4.76. The van der Waals surface area contributed by atoms with Crippen LogP contribution in [-0.4, -0.2) is 11.9 Å². The van der Waals surface area contributed by atoms with E-state index in [1.807, 2.05) is 0 Å². The Kier molecular flexibility index (Phi) is 4.76. The smallest absolute Gasteiger partial charge is 0.142 e. The van der Waals surface area contributed by atoms with Crippen molar-refractivity contribution in [2.24, 2.45) is 10.8 Å². The van der Waals surface area contributed by atoms with Crippen molar-refractivity contribution in [2.45, 2.75) is 51.5 Å². The molecule has 0 amide bonds. The largest absolute Gasteiger partial charge is 0.308 e. The van der Waals surface area contributed by atoms with Crippen molar-refractivity contribution in [1.82, 2.24) is 5.43 Å². The third-order valence-corrected chi connectivity index (χ3v) is 3.66. The molecule has 1 aliphatic rings. The monoisotopic (exact) mass is 245 g/mol. The molecule has 0 aliphatic heterocycles. The van der Waals surface area contributed by atoms with Gasteiger partial charge in [0.1, 0.15) is 5.84 Å². The van der Waals surface area contributed by atoms with Crippen LogP contribution in [0.2, 0.25) is 0 Å². The number of amidine groups is 1. The normalized spacial score (nSPS) is 17.8. The number of nitrogens with zero attached hydrogens (tertiary/aromatic N) is 1. The van der Waals surface area contributed by atoms with Gasteiger partial charge in [0.05, 0.1) is 6.04 Å². The summed E-state index contributed by atoms with van der Waals surface area (Å²) in [5.74, 6) is 6.44. The van der Waals surface area contributed by atoms with Gasteiger partial charge in [0.2, 0.25) is 0 Å². The van der Waals surface area contributed by atoms with E-state index in [-0.39, 0.29) is 0 Å². The van der Waals surface area contributed by atoms with Gasteiger partial charge >= 0.3 is 0 Å². The molecule has 1 aliphatic carbocycles. The lowest BCUT2D eigenvalue weighted by molar-refractivity contribution is 0.442. The standard InChI is InChI=1S/C15H23N3/c1-2-12-8-10-13(11-9-12)15(18-16)17-14-6-4-3-5-7-14/h8-11,14H,2-7,16H2,1H3,(H,17,18). The molecule has 0 atom stereocenters. The second kappa shape index (κ2) is 6.55. The Morgan fingerprint density at radius 1 is 1.22 bits per heavy atom. The van der Waals surface area contributed by atoms with E-state index in [4.69, 9.17) is 10.8 Å². The maximum Gasteiger partial charge on any atom is 0.142 e. The Bertz CT molecular complexity index is 389. The summed E-state index contributed by atoms with van der Waals surface area (Å²) in [6.07, 6.45) is 7.38. The first-order chi connectivity index (χ1) is 8.83. The average molecular weight is 245 g/mol. The van der Waals surface area contributed by atoms with E-state index < -0.39 is 0 Å². The molecule has 3 heteroatoms. The Balaban J connectivity index is 2.12. The minimum Gasteiger partial charge on any atom is -0.308 e. The molecule has 0 unspecified atom stereocenters. The van der Waals surface area contributed by atoms with Crippen LogP contribution in [0.5, 0.6) is 0 Å². The fraction of sp³-hybridized carbons (Fsp3) is 0.533. The predicted molar refractivity (Wildman–Crippen MR) is 76.6 cm³/mol. The van der Waals surface area contributed by atoms with Crippen LogP contribution >= 0.6 is 0 Å². The zero-order chi connectivity index (χ0) is 12.8. The molecule has 1 aromatic carbocycles. The number of nitrogens with one attached hydrogen (secondary N) is 1. The fourth-order valence-corrected chi connectivity index (χ4v) is 2.49. The van der Waals surface area contributed by atoms with Crippen molar-refractivity contribution in [1.29, 1.82) is 0 Å². The molecule has 1 aromatic rings. The van der Waals surface area contributed by atoms with Crippen LogP contribution in [0.15, 0.2) is 29.3 Å². The third kappa shape index (κ3) is 3.33. The van der Waals surface area contributed by atoms with Crippen LogP contribution in [0.3, 0.4) is 0 Å². The molecular formula is C15H23N3. The van der Waals surface area contributed by atoms with Gasteiger partial charge in [-0.15, -0.1) is 0 Å². The first-order valence-electron chi connectivity index (χ1n) is 6.97. The number of hydrogen-bond donors (Lipinski definition) is 2. The van der Waals surface area contributed by atoms with Crippen LogP contribution in [0.1, 0.15) is 50.2 Å². The van der Waals surface area contributed by atoms with Crippen molar-refractivity contribution in [3.63, 3.8) is 0 Å². The number of rotatable bonds is 3. The first-order valence-corrected chi connectivity index (χ1v) is 6.97. The molecule has 98 valence electrons. The average Bonchev–Trinajstić information content (AvgIpc) is 2.46. The fourth-order valence-electron chi connectivity index (χ4n) is 2.49. The van der Waals surface area contributed by atoms with Gasteiger partial charge in [0.25, 0.3) is 0 Å². The first kappa shape index (κ1) is 13.1. The lowest BCUT2D eigenvalue weighted by Gasteiger charge is -2.19. The number of nitrogens with two attached hydrogens (primary N) is 1. The molecule has 0 saturated heterocycles. The van der Waals surface area contributed by atoms with Gasteiger partial charge in [-0.05, 0) is 24.8 Å². The number of aliphatic imine (C=N–C) groups is 1. The second-order valence-corrected chi connectivity index (χ2v) is 4.96. The molecule has 0 bridgehead atoms. The summed E-state index contributed by atoms with van der Waals surface area (Å²) in [5.41, 5.74) is 5.18. The highest BCUT2D eigenvalue weighted by Crippen LogP contribution is 2.20. The summed E-state index contributed by atoms with van der Waals surface area (Å²) in [7, 11) is 0. The molecule has 0 heterocycles. The molecular weight excluding hydrogens is 222 g/mol. The molecule has 2 rings (SSSR count). The Morgan fingerprint density at radius 2 is 1.89 bits per heavy atom. The quantitative estimate of drug-likeness (QED) is 0.372. The lowest BCUT2D eigenvalue weighted by Crippen LogP contribution is -2.32. The van der Waals surface area contributed by atoms with Gasteiger partial charge < -0.3 is 5.43 Å². The topological polar surface area (TPSA) is 50.4 Å². The van der Waals surface area contributed by atoms with E-state index in [1.165, 1.54) is 37.7 Å². The minimum atomic E-state index is 0.440. The van der Waals surface area contributed by atoms with Crippen molar-refractivity contribution in [2.75, 3.05) is 0 Å². The molecule has 3 nitrogen and oxygen atoms in total. The summed E-state index contributed by atoms with van der Waals surface area (Å²) >= 11 is 0. The SMILES string of the molecule is CCc1ccc(C(=NC2CCCCC2)NN)cc1. The highest BCUT2D eigenvalue weighted by atomic mass is 15.3. The molecule has 1 saturated carbocycles. The molecule has 0 aromatic heterocycles. The van der Waals surface area contributed by atoms with Gasteiger partial charge in [-0.25, -0.2) is 5.84 Å². The number of aryl methyl sites for hydroxylation is 1. The zero-order valence-corrected chi connectivity index (χ0v) is 11.2. The maximum absolute atomic E-state index is 5.61. The predicted octanol–water partition coefficient (Wildman–Crippen LogP) is 2.79. The minimum absolute atomic E-state index is 0.440. The number of benzene rings is 1. The molecule has 0 spiro atoms. The van der Waals surface area contributed by atoms with Crippen molar-refractivity contribution in [3.8, 4) is 0 Å². The Hall–Kier alpha value is -1.35. The maximum atomic E-state index is 5.61. The van der Waals surface area contributed by atoms with Gasteiger partial charge in [-0.2, -0.15) is 0 Å². The molecule has 0 radical (unpaired) electrons. The van der Waals surface area contributed by atoms with Gasteiger partial charge in [-0.1, -0.05) is 50.5 Å². The number of hydrazine groups is 1. The van der Waals surface area contributed by atoms with Crippen LogP contribution in [-0.2, 0) is 6.42 Å². The van der Waals surface area contributed by atoms with E-state index in [0.717, 1.165) is 17.8 Å². The van der Waals surface area contributed by atoms with E-state index in [1.54, 1.807) is 0 Å². The Morgan fingerprint density at radius 3 is 2.44 bits per heavy atom. The lowest BCUT2D eigenvalue weighted by atomic mass is 9.96. The van der Waals surface area contributed by atoms with Crippen LogP contribution in [0.4, 0.5) is 0 Å². The molecule has 3 N–H and O–H groups in total. The molecule has 18 heavy (non-hydrogen) atoms. The molecule has 1 fully saturated rings. The van der Waals surface area contributed by atoms with E-state index >= 15 is 0 Å². The van der Waals surface area contributed by atoms with Gasteiger partial charge in [0, 0.05) is 5.56 Å². The van der Waals surface area contributed by atoms with Gasteiger partial charge in [-0.3, -0.25) is 4.99 Å². The highest BCUT2D eigenvalue weighted by Gasteiger charge is 2.13. The number of hydrogen-bond acceptors (Lipinski definition) is 2. The summed E-state index contributed by atoms with van der Waals surface area (Å²) < 4.78 is 0. The van der Waals surface area contributed by atoms with E-state index in [2.05, 4.69) is 36.6 Å². The van der Waals surface area contributed by atoms with E-state index in [0.29, 0.717) is 6.04 Å². The zero-order valence-electron chi connectivity index (χ0n) is 11.2. The van der Waals surface area contributed by atoms with Crippen LogP contribution in [0.25, 0.3) is 0 Å². The summed E-state index contributed by atoms with van der Waals surface area (Å²) in [6, 6.07) is 8.92. The third-order valence-electron chi connectivity index (χ3n) is 3.66. The van der Waals surface area contributed by atoms with Crippen LogP contribution < -0.4 is 11.3 Å². The summed E-state index contributed by atoms with van der Waals surface area (Å²) in [6.45, 7) is 2.16. The summed E-state index contributed by atoms with van der Waals surface area (Å²) in [5, 5.41) is 0. The second-order valence-electron chi connectivity index (χ2n) is 4.96. The van der Waals surface area contributed by atoms with Crippen LogP contribution in [0, 0.1) is 0 Å². The highest BCUT2D eigenvalue weighted by molar-refractivity contribution is 5.98. The van der Waals surface area contributed by atoms with Gasteiger partial charge in [0.15, 0.2) is 0 Å².